The van der Waals surface area contributed by atoms with Gasteiger partial charge in [0.25, 0.3) is 0 Å². The van der Waals surface area contributed by atoms with Crippen LogP contribution in [0.4, 0.5) is 17.5 Å². The predicted molar refractivity (Wildman–Crippen MR) is 104 cm³/mol. The topological polar surface area (TPSA) is 72.0 Å². The van der Waals surface area contributed by atoms with Crippen molar-refractivity contribution in [2.45, 2.75) is 26.5 Å². The number of hydrogen-bond acceptors (Lipinski definition) is 6. The van der Waals surface area contributed by atoms with Gasteiger partial charge in [0, 0.05) is 17.3 Å². The standard InChI is InChI=1S/C19H20ClN5O/c1-13(2)26-16-9-7-15(8-10-16)23-18-12-22-25-19(24-18)21-11-14-5-3-4-6-17(14)20/h3-10,12-13H,11H2,1-2H3,(H2,21,23,24,25). The van der Waals surface area contributed by atoms with E-state index in [1.54, 1.807) is 6.20 Å². The van der Waals surface area contributed by atoms with Crippen molar-refractivity contribution in [1.82, 2.24) is 15.2 Å². The van der Waals surface area contributed by atoms with E-state index in [0.717, 1.165) is 17.0 Å². The molecule has 0 saturated carbocycles. The van der Waals surface area contributed by atoms with E-state index in [1.165, 1.54) is 0 Å². The molecule has 1 heterocycles. The first kappa shape index (κ1) is 17.9. The quantitative estimate of drug-likeness (QED) is 0.630. The molecule has 0 aliphatic rings. The van der Waals surface area contributed by atoms with Crippen molar-refractivity contribution in [3.05, 3.63) is 65.3 Å². The summed E-state index contributed by atoms with van der Waals surface area (Å²) in [5.41, 5.74) is 1.86. The first-order chi connectivity index (χ1) is 12.6. The van der Waals surface area contributed by atoms with Crippen molar-refractivity contribution >= 4 is 29.1 Å². The number of nitrogens with one attached hydrogen (secondary N) is 2. The second kappa shape index (κ2) is 8.49. The minimum atomic E-state index is 0.145. The minimum Gasteiger partial charge on any atom is -0.491 e. The first-order valence-electron chi connectivity index (χ1n) is 8.31. The third-order valence-corrected chi connectivity index (χ3v) is 3.82. The van der Waals surface area contributed by atoms with Gasteiger partial charge < -0.3 is 15.4 Å². The number of aromatic nitrogens is 3. The summed E-state index contributed by atoms with van der Waals surface area (Å²) in [6, 6.07) is 15.3. The zero-order valence-electron chi connectivity index (χ0n) is 14.6. The summed E-state index contributed by atoms with van der Waals surface area (Å²) in [6.45, 7) is 4.51. The summed E-state index contributed by atoms with van der Waals surface area (Å²) < 4.78 is 5.64. The van der Waals surface area contributed by atoms with E-state index in [9.17, 15) is 0 Å². The maximum absolute atomic E-state index is 6.15. The Balaban J connectivity index is 1.63. The van der Waals surface area contributed by atoms with Crippen LogP contribution in [0.15, 0.2) is 54.7 Å². The molecular weight excluding hydrogens is 350 g/mol. The molecule has 0 unspecified atom stereocenters. The Morgan fingerprint density at radius 2 is 1.85 bits per heavy atom. The highest BCUT2D eigenvalue weighted by Gasteiger charge is 2.04. The second-order valence-corrected chi connectivity index (χ2v) is 6.33. The molecule has 0 aliphatic heterocycles. The van der Waals surface area contributed by atoms with E-state index < -0.39 is 0 Å². The van der Waals surface area contributed by atoms with Gasteiger partial charge in [0.2, 0.25) is 5.95 Å². The largest absolute Gasteiger partial charge is 0.491 e. The van der Waals surface area contributed by atoms with Gasteiger partial charge >= 0.3 is 0 Å². The Labute approximate surface area is 157 Å². The van der Waals surface area contributed by atoms with Crippen LogP contribution in [0.5, 0.6) is 5.75 Å². The number of nitrogens with zero attached hydrogens (tertiary/aromatic N) is 3. The second-order valence-electron chi connectivity index (χ2n) is 5.93. The molecule has 0 atom stereocenters. The molecular formula is C19H20ClN5O. The normalized spacial score (nSPS) is 10.6. The van der Waals surface area contributed by atoms with Crippen molar-refractivity contribution in [3.63, 3.8) is 0 Å². The summed E-state index contributed by atoms with van der Waals surface area (Å²) >= 11 is 6.15. The van der Waals surface area contributed by atoms with E-state index in [4.69, 9.17) is 16.3 Å². The molecule has 0 aliphatic carbocycles. The van der Waals surface area contributed by atoms with Gasteiger partial charge in [-0.2, -0.15) is 10.1 Å². The highest BCUT2D eigenvalue weighted by molar-refractivity contribution is 6.31. The lowest BCUT2D eigenvalue weighted by atomic mass is 10.2. The Morgan fingerprint density at radius 1 is 1.08 bits per heavy atom. The molecule has 134 valence electrons. The number of rotatable bonds is 7. The van der Waals surface area contributed by atoms with Crippen molar-refractivity contribution in [3.8, 4) is 5.75 Å². The van der Waals surface area contributed by atoms with Gasteiger partial charge in [-0.15, -0.1) is 5.10 Å². The lowest BCUT2D eigenvalue weighted by molar-refractivity contribution is 0.242. The third kappa shape index (κ3) is 5.07. The zero-order chi connectivity index (χ0) is 18.4. The maximum Gasteiger partial charge on any atom is 0.244 e. The highest BCUT2D eigenvalue weighted by Crippen LogP contribution is 2.20. The summed E-state index contributed by atoms with van der Waals surface area (Å²) in [7, 11) is 0. The smallest absolute Gasteiger partial charge is 0.244 e. The van der Waals surface area contributed by atoms with Crippen LogP contribution in [-0.4, -0.2) is 21.3 Å². The van der Waals surface area contributed by atoms with Crippen molar-refractivity contribution in [2.24, 2.45) is 0 Å². The number of benzene rings is 2. The van der Waals surface area contributed by atoms with Gasteiger partial charge in [-0.1, -0.05) is 29.8 Å². The average Bonchev–Trinajstić information content (AvgIpc) is 2.63. The van der Waals surface area contributed by atoms with E-state index >= 15 is 0 Å². The van der Waals surface area contributed by atoms with E-state index in [1.807, 2.05) is 62.4 Å². The molecule has 0 spiro atoms. The van der Waals surface area contributed by atoms with Gasteiger partial charge in [-0.25, -0.2) is 0 Å². The molecule has 3 rings (SSSR count). The minimum absolute atomic E-state index is 0.145. The molecule has 2 aromatic carbocycles. The average molecular weight is 370 g/mol. The fourth-order valence-electron chi connectivity index (χ4n) is 2.29. The molecule has 0 bridgehead atoms. The monoisotopic (exact) mass is 369 g/mol. The van der Waals surface area contributed by atoms with Crippen LogP contribution in [0.3, 0.4) is 0 Å². The van der Waals surface area contributed by atoms with Crippen LogP contribution < -0.4 is 15.4 Å². The zero-order valence-corrected chi connectivity index (χ0v) is 15.4. The van der Waals surface area contributed by atoms with Crippen molar-refractivity contribution < 1.29 is 4.74 Å². The lowest BCUT2D eigenvalue weighted by Gasteiger charge is -2.11. The molecule has 7 heteroatoms. The Bertz CT molecular complexity index is 855. The predicted octanol–water partition coefficient (Wildman–Crippen LogP) is 4.67. The van der Waals surface area contributed by atoms with Crippen LogP contribution in [0.2, 0.25) is 5.02 Å². The molecule has 0 saturated heterocycles. The number of halogens is 1. The van der Waals surface area contributed by atoms with Crippen LogP contribution in [0, 0.1) is 0 Å². The fraction of sp³-hybridized carbons (Fsp3) is 0.211. The Morgan fingerprint density at radius 3 is 2.58 bits per heavy atom. The summed E-state index contributed by atoms with van der Waals surface area (Å²) in [5.74, 6) is 1.85. The number of anilines is 3. The van der Waals surface area contributed by atoms with Crippen LogP contribution in [0.25, 0.3) is 0 Å². The maximum atomic E-state index is 6.15. The third-order valence-electron chi connectivity index (χ3n) is 3.45. The van der Waals surface area contributed by atoms with E-state index in [-0.39, 0.29) is 6.10 Å². The van der Waals surface area contributed by atoms with Gasteiger partial charge in [-0.05, 0) is 49.7 Å². The molecule has 0 fully saturated rings. The fourth-order valence-corrected chi connectivity index (χ4v) is 2.49. The molecule has 2 N–H and O–H groups in total. The molecule has 0 amide bonds. The van der Waals surface area contributed by atoms with Crippen LogP contribution in [0.1, 0.15) is 19.4 Å². The van der Waals surface area contributed by atoms with Crippen LogP contribution in [-0.2, 0) is 6.54 Å². The number of ether oxygens (including phenoxy) is 1. The molecule has 26 heavy (non-hydrogen) atoms. The summed E-state index contributed by atoms with van der Waals surface area (Å²) in [4.78, 5) is 4.41. The van der Waals surface area contributed by atoms with Gasteiger partial charge in [0.05, 0.1) is 12.3 Å². The molecule has 3 aromatic rings. The first-order valence-corrected chi connectivity index (χ1v) is 8.68. The molecule has 1 aromatic heterocycles. The van der Waals surface area contributed by atoms with Crippen molar-refractivity contribution in [2.75, 3.05) is 10.6 Å². The SMILES string of the molecule is CC(C)Oc1ccc(Nc2cnnc(NCc3ccccc3Cl)n2)cc1. The molecule has 6 nitrogen and oxygen atoms in total. The van der Waals surface area contributed by atoms with Gasteiger partial charge in [0.15, 0.2) is 5.82 Å². The summed E-state index contributed by atoms with van der Waals surface area (Å²) in [5, 5.41) is 15.0. The Kier molecular flexibility index (Phi) is 5.86. The summed E-state index contributed by atoms with van der Waals surface area (Å²) in [6.07, 6.45) is 1.71. The number of hydrogen-bond donors (Lipinski definition) is 2. The van der Waals surface area contributed by atoms with Crippen LogP contribution >= 0.6 is 11.6 Å². The van der Waals surface area contributed by atoms with Crippen molar-refractivity contribution in [1.29, 1.82) is 0 Å². The van der Waals surface area contributed by atoms with Gasteiger partial charge in [-0.3, -0.25) is 0 Å². The lowest BCUT2D eigenvalue weighted by Crippen LogP contribution is -2.07. The van der Waals surface area contributed by atoms with Gasteiger partial charge in [0.1, 0.15) is 5.75 Å². The Hall–Kier alpha value is -2.86. The molecule has 0 radical (unpaired) electrons. The highest BCUT2D eigenvalue weighted by atomic mass is 35.5. The van der Waals surface area contributed by atoms with E-state index in [2.05, 4.69) is 25.8 Å². The van der Waals surface area contributed by atoms with E-state index in [0.29, 0.717) is 23.3 Å².